The zero-order valence-corrected chi connectivity index (χ0v) is 13.6. The molecule has 8 heteroatoms. The lowest BCUT2D eigenvalue weighted by atomic mass is 10.3. The van der Waals surface area contributed by atoms with Gasteiger partial charge in [0.25, 0.3) is 0 Å². The predicted octanol–water partition coefficient (Wildman–Crippen LogP) is 2.76. The maximum Gasteiger partial charge on any atom is 0.224 e. The average Bonchev–Trinajstić information content (AvgIpc) is 2.90. The summed E-state index contributed by atoms with van der Waals surface area (Å²) in [4.78, 5) is 23.1. The van der Waals surface area contributed by atoms with E-state index in [9.17, 15) is 4.79 Å². The number of Topliss-reactive ketones (excluding diaryl/α,β-unsaturated/α-hetero) is 1. The quantitative estimate of drug-likeness (QED) is 0.468. The third-order valence-electron chi connectivity index (χ3n) is 3.03. The fourth-order valence-electron chi connectivity index (χ4n) is 2.08. The largest absolute Gasteiger partial charge is 0.378 e. The summed E-state index contributed by atoms with van der Waals surface area (Å²) < 4.78 is 6.25. The van der Waals surface area contributed by atoms with Crippen LogP contribution in [-0.4, -0.2) is 47.4 Å². The molecule has 0 aliphatic carbocycles. The molecule has 0 saturated carbocycles. The normalized spacial score (nSPS) is 15.8. The topological polar surface area (TPSA) is 55.3 Å². The van der Waals surface area contributed by atoms with Crippen molar-refractivity contribution in [2.45, 2.75) is 0 Å². The van der Waals surface area contributed by atoms with Crippen LogP contribution in [0, 0.1) is 0 Å². The Morgan fingerprint density at radius 2 is 2.20 bits per heavy atom. The number of carbonyl (C=O) groups is 1. The van der Waals surface area contributed by atoms with Crippen LogP contribution >= 0.6 is 38.9 Å². The molecule has 0 unspecified atom stereocenters. The van der Waals surface area contributed by atoms with Gasteiger partial charge in [-0.25, -0.2) is 4.98 Å². The van der Waals surface area contributed by atoms with Gasteiger partial charge in [0.15, 0.2) is 11.6 Å². The van der Waals surface area contributed by atoms with Crippen LogP contribution in [-0.2, 0) is 4.74 Å². The Labute approximate surface area is 133 Å². The number of halogens is 2. The van der Waals surface area contributed by atoms with Crippen molar-refractivity contribution in [3.05, 3.63) is 16.2 Å². The van der Waals surface area contributed by atoms with Crippen molar-refractivity contribution in [3.8, 4) is 0 Å². The number of hydrogen-bond acceptors (Lipinski definition) is 6. The van der Waals surface area contributed by atoms with Crippen LogP contribution in [0.15, 0.2) is 6.07 Å². The number of carbonyl (C=O) groups excluding carboxylic acids is 1. The first-order chi connectivity index (χ1) is 9.69. The second kappa shape index (κ2) is 5.93. The van der Waals surface area contributed by atoms with Gasteiger partial charge in [-0.15, -0.1) is 11.3 Å². The van der Waals surface area contributed by atoms with E-state index in [0.717, 1.165) is 29.1 Å². The highest BCUT2D eigenvalue weighted by molar-refractivity contribution is 9.09. The molecule has 1 fully saturated rings. The lowest BCUT2D eigenvalue weighted by Crippen LogP contribution is -2.36. The molecule has 1 saturated heterocycles. The fourth-order valence-corrected chi connectivity index (χ4v) is 3.79. The van der Waals surface area contributed by atoms with E-state index in [4.69, 9.17) is 16.3 Å². The van der Waals surface area contributed by atoms with Gasteiger partial charge in [-0.3, -0.25) is 4.79 Å². The third-order valence-corrected chi connectivity index (χ3v) is 4.87. The molecule has 0 amide bonds. The molecule has 0 bridgehead atoms. The summed E-state index contributed by atoms with van der Waals surface area (Å²) in [5.41, 5.74) is 0.723. The van der Waals surface area contributed by atoms with E-state index in [-0.39, 0.29) is 11.1 Å². The van der Waals surface area contributed by atoms with Crippen molar-refractivity contribution in [3.63, 3.8) is 0 Å². The molecule has 1 aliphatic rings. The van der Waals surface area contributed by atoms with Crippen LogP contribution in [0.25, 0.3) is 10.2 Å². The van der Waals surface area contributed by atoms with E-state index in [1.54, 1.807) is 6.07 Å². The van der Waals surface area contributed by atoms with Crippen molar-refractivity contribution >= 4 is 60.7 Å². The first-order valence-electron chi connectivity index (χ1n) is 6.08. The van der Waals surface area contributed by atoms with Crippen molar-refractivity contribution < 1.29 is 9.53 Å². The molecule has 5 nitrogen and oxygen atoms in total. The number of ketones is 1. The molecule has 0 radical (unpaired) electrons. The Hall–Kier alpha value is -0.760. The van der Waals surface area contributed by atoms with Gasteiger partial charge in [-0.1, -0.05) is 15.9 Å². The van der Waals surface area contributed by atoms with E-state index in [1.165, 1.54) is 11.3 Å². The Morgan fingerprint density at radius 1 is 1.45 bits per heavy atom. The highest BCUT2D eigenvalue weighted by Crippen LogP contribution is 2.33. The minimum atomic E-state index is 0.0389. The van der Waals surface area contributed by atoms with Gasteiger partial charge in [0.1, 0.15) is 0 Å². The Bertz CT molecular complexity index is 657. The van der Waals surface area contributed by atoms with Gasteiger partial charge < -0.3 is 9.64 Å². The lowest BCUT2D eigenvalue weighted by molar-refractivity contribution is 0.102. The number of anilines is 1. The van der Waals surface area contributed by atoms with E-state index >= 15 is 0 Å². The van der Waals surface area contributed by atoms with Crippen molar-refractivity contribution in [1.82, 2.24) is 9.97 Å². The van der Waals surface area contributed by atoms with E-state index in [2.05, 4.69) is 30.8 Å². The monoisotopic (exact) mass is 375 g/mol. The van der Waals surface area contributed by atoms with E-state index in [0.29, 0.717) is 23.4 Å². The van der Waals surface area contributed by atoms with E-state index in [1.807, 2.05) is 0 Å². The van der Waals surface area contributed by atoms with Crippen LogP contribution in [0.5, 0.6) is 0 Å². The van der Waals surface area contributed by atoms with Crippen molar-refractivity contribution in [1.29, 1.82) is 0 Å². The number of nitrogens with zero attached hydrogens (tertiary/aromatic N) is 3. The molecule has 2 aromatic heterocycles. The zero-order chi connectivity index (χ0) is 14.1. The first-order valence-corrected chi connectivity index (χ1v) is 8.39. The second-order valence-electron chi connectivity index (χ2n) is 4.30. The SMILES string of the molecule is O=C(CBr)c1cc2nc(Cl)nc(N3CCOCC3)c2s1. The van der Waals surface area contributed by atoms with Crippen LogP contribution in [0.4, 0.5) is 5.82 Å². The Kier molecular flexibility index (Phi) is 4.21. The maximum atomic E-state index is 11.8. The lowest BCUT2D eigenvalue weighted by Gasteiger charge is -2.28. The molecule has 0 atom stereocenters. The number of alkyl halides is 1. The van der Waals surface area contributed by atoms with Crippen LogP contribution < -0.4 is 4.90 Å². The molecule has 0 aromatic carbocycles. The van der Waals surface area contributed by atoms with Gasteiger partial charge in [0, 0.05) is 13.1 Å². The highest BCUT2D eigenvalue weighted by Gasteiger charge is 2.20. The van der Waals surface area contributed by atoms with Crippen LogP contribution in [0.3, 0.4) is 0 Å². The van der Waals surface area contributed by atoms with Gasteiger partial charge in [0.05, 0.1) is 33.6 Å². The van der Waals surface area contributed by atoms with Gasteiger partial charge in [-0.05, 0) is 17.7 Å². The van der Waals surface area contributed by atoms with Crippen molar-refractivity contribution in [2.24, 2.45) is 0 Å². The maximum absolute atomic E-state index is 11.8. The summed E-state index contributed by atoms with van der Waals surface area (Å²) in [7, 11) is 0. The second-order valence-corrected chi connectivity index (χ2v) is 6.25. The first kappa shape index (κ1) is 14.2. The van der Waals surface area contributed by atoms with Gasteiger partial charge in [0.2, 0.25) is 5.28 Å². The fraction of sp³-hybridized carbons (Fsp3) is 0.417. The molecular weight excluding hydrogens is 366 g/mol. The number of ether oxygens (including phenoxy) is 1. The standard InChI is InChI=1S/C12H11BrClN3O2S/c13-6-8(18)9-5-7-10(20-9)11(16-12(14)15-7)17-1-3-19-4-2-17/h5H,1-4,6H2. The third kappa shape index (κ3) is 2.67. The van der Waals surface area contributed by atoms with Crippen LogP contribution in [0.1, 0.15) is 9.67 Å². The molecule has 2 aromatic rings. The highest BCUT2D eigenvalue weighted by atomic mass is 79.9. The zero-order valence-electron chi connectivity index (χ0n) is 10.4. The number of aromatic nitrogens is 2. The van der Waals surface area contributed by atoms with Crippen LogP contribution in [0.2, 0.25) is 5.28 Å². The van der Waals surface area contributed by atoms with Gasteiger partial charge >= 0.3 is 0 Å². The average molecular weight is 377 g/mol. The summed E-state index contributed by atoms with van der Waals surface area (Å²) in [5.74, 6) is 0.832. The smallest absolute Gasteiger partial charge is 0.224 e. The summed E-state index contributed by atoms with van der Waals surface area (Å²) in [5, 5.41) is 0.503. The van der Waals surface area contributed by atoms with Crippen molar-refractivity contribution in [2.75, 3.05) is 36.5 Å². The number of fused-ring (bicyclic) bond motifs is 1. The van der Waals surface area contributed by atoms with E-state index < -0.39 is 0 Å². The molecule has 0 spiro atoms. The molecule has 1 aliphatic heterocycles. The minimum absolute atomic E-state index is 0.0389. The number of thiophene rings is 1. The summed E-state index contributed by atoms with van der Waals surface area (Å²) in [6, 6.07) is 1.78. The Morgan fingerprint density at radius 3 is 2.90 bits per heavy atom. The number of morpholine rings is 1. The summed E-state index contributed by atoms with van der Waals surface area (Å²) in [6.07, 6.45) is 0. The molecule has 106 valence electrons. The molecule has 0 N–H and O–H groups in total. The predicted molar refractivity (Wildman–Crippen MR) is 83.6 cm³/mol. The van der Waals surface area contributed by atoms with Gasteiger partial charge in [-0.2, -0.15) is 4.98 Å². The number of hydrogen-bond donors (Lipinski definition) is 0. The molecule has 20 heavy (non-hydrogen) atoms. The molecular formula is C12H11BrClN3O2S. The minimum Gasteiger partial charge on any atom is -0.378 e. The summed E-state index contributed by atoms with van der Waals surface area (Å²) in [6.45, 7) is 2.87. The molecule has 3 rings (SSSR count). The Balaban J connectivity index is 2.10. The molecule has 3 heterocycles. The number of rotatable bonds is 3. The summed E-state index contributed by atoms with van der Waals surface area (Å²) >= 11 is 10.6.